The number of hydrogen-bond acceptors (Lipinski definition) is 4. The second-order valence-electron chi connectivity index (χ2n) is 4.86. The lowest BCUT2D eigenvalue weighted by Gasteiger charge is -2.09. The molecule has 0 unspecified atom stereocenters. The van der Waals surface area contributed by atoms with Crippen molar-refractivity contribution in [1.82, 2.24) is 5.43 Å². The van der Waals surface area contributed by atoms with Crippen LogP contribution in [-0.4, -0.2) is 26.3 Å². The summed E-state index contributed by atoms with van der Waals surface area (Å²) < 4.78 is 47.9. The Morgan fingerprint density at radius 3 is 2.32 bits per heavy atom. The highest BCUT2D eigenvalue weighted by Gasteiger charge is 2.30. The minimum absolute atomic E-state index is 0.0581. The van der Waals surface area contributed by atoms with E-state index in [2.05, 4.69) is 10.5 Å². The summed E-state index contributed by atoms with van der Waals surface area (Å²) in [4.78, 5) is 11.9. The molecule has 8 heteroatoms. The minimum Gasteiger partial charge on any atom is -0.493 e. The molecule has 0 heterocycles. The molecule has 0 saturated heterocycles. The molecule has 0 radical (unpaired) electrons. The molecule has 0 atom stereocenters. The van der Waals surface area contributed by atoms with Crippen molar-refractivity contribution in [3.05, 3.63) is 59.2 Å². The van der Waals surface area contributed by atoms with E-state index in [1.54, 1.807) is 18.2 Å². The summed E-state index contributed by atoms with van der Waals surface area (Å²) in [5.74, 6) is 0.310. The maximum absolute atomic E-state index is 12.5. The molecule has 0 aliphatic rings. The number of hydrazone groups is 1. The molecule has 0 bridgehead atoms. The number of benzene rings is 2. The predicted molar refractivity (Wildman–Crippen MR) is 86.1 cm³/mol. The van der Waals surface area contributed by atoms with Crippen molar-refractivity contribution in [2.45, 2.75) is 6.18 Å². The summed E-state index contributed by atoms with van der Waals surface area (Å²) in [5, 5.41) is 3.79. The third kappa shape index (κ3) is 4.50. The summed E-state index contributed by atoms with van der Waals surface area (Å²) in [6.07, 6.45) is -3.10. The van der Waals surface area contributed by atoms with E-state index in [1.165, 1.54) is 20.4 Å². The molecule has 132 valence electrons. The van der Waals surface area contributed by atoms with Gasteiger partial charge in [0.1, 0.15) is 0 Å². The van der Waals surface area contributed by atoms with Gasteiger partial charge in [0.2, 0.25) is 0 Å². The van der Waals surface area contributed by atoms with Crippen molar-refractivity contribution in [2.24, 2.45) is 5.10 Å². The third-order valence-electron chi connectivity index (χ3n) is 3.28. The molecule has 5 nitrogen and oxygen atoms in total. The summed E-state index contributed by atoms with van der Waals surface area (Å²) in [5.41, 5.74) is 2.04. The van der Waals surface area contributed by atoms with Gasteiger partial charge in [-0.2, -0.15) is 18.3 Å². The number of carbonyl (C=O) groups excluding carboxylic acids is 1. The molecule has 0 saturated carbocycles. The maximum atomic E-state index is 12.5. The normalized spacial score (nSPS) is 11.4. The van der Waals surface area contributed by atoms with Gasteiger partial charge in [0, 0.05) is 11.1 Å². The summed E-state index contributed by atoms with van der Waals surface area (Å²) >= 11 is 0. The monoisotopic (exact) mass is 352 g/mol. The number of methoxy groups -OCH3 is 2. The molecule has 1 N–H and O–H groups in total. The number of para-hydroxylation sites is 1. The molecular formula is C17H15F3N2O3. The molecule has 0 fully saturated rings. The van der Waals surface area contributed by atoms with Gasteiger partial charge >= 0.3 is 6.18 Å². The van der Waals surface area contributed by atoms with Crippen LogP contribution in [0.1, 0.15) is 21.5 Å². The number of hydrogen-bond donors (Lipinski definition) is 1. The summed E-state index contributed by atoms with van der Waals surface area (Å²) in [6, 6.07) is 8.97. The molecule has 0 spiro atoms. The number of nitrogens with one attached hydrogen (secondary N) is 1. The quantitative estimate of drug-likeness (QED) is 0.662. The molecule has 2 rings (SSSR count). The van der Waals surface area contributed by atoms with Gasteiger partial charge in [-0.05, 0) is 36.4 Å². The van der Waals surface area contributed by atoms with Crippen molar-refractivity contribution in [2.75, 3.05) is 14.2 Å². The highest BCUT2D eigenvalue weighted by atomic mass is 19.4. The molecule has 0 aromatic heterocycles. The first kappa shape index (κ1) is 18.3. The Labute approximate surface area is 142 Å². The van der Waals surface area contributed by atoms with Crippen LogP contribution >= 0.6 is 0 Å². The minimum atomic E-state index is -4.45. The SMILES string of the molecule is COc1cccc(/C=N/NC(=O)c2ccc(C(F)(F)F)cc2)c1OC. The van der Waals surface area contributed by atoms with Gasteiger partial charge in [-0.1, -0.05) is 6.07 Å². The van der Waals surface area contributed by atoms with E-state index in [1.807, 2.05) is 0 Å². The Kier molecular flexibility index (Phi) is 5.63. The molecule has 2 aromatic rings. The molecule has 0 aliphatic heterocycles. The van der Waals surface area contributed by atoms with Crippen LogP contribution in [0.4, 0.5) is 13.2 Å². The average Bonchev–Trinajstić information content (AvgIpc) is 2.60. The Morgan fingerprint density at radius 2 is 1.76 bits per heavy atom. The highest BCUT2D eigenvalue weighted by Crippen LogP contribution is 2.30. The zero-order chi connectivity index (χ0) is 18.4. The summed E-state index contributed by atoms with van der Waals surface area (Å²) in [6.45, 7) is 0. The van der Waals surface area contributed by atoms with Crippen molar-refractivity contribution < 1.29 is 27.4 Å². The van der Waals surface area contributed by atoms with Crippen molar-refractivity contribution >= 4 is 12.1 Å². The Hall–Kier alpha value is -3.03. The van der Waals surface area contributed by atoms with Crippen LogP contribution in [0.3, 0.4) is 0 Å². The predicted octanol–water partition coefficient (Wildman–Crippen LogP) is 3.49. The second-order valence-corrected chi connectivity index (χ2v) is 4.86. The van der Waals surface area contributed by atoms with E-state index in [0.29, 0.717) is 17.1 Å². The van der Waals surface area contributed by atoms with Crippen LogP contribution < -0.4 is 14.9 Å². The Morgan fingerprint density at radius 1 is 1.08 bits per heavy atom. The van der Waals surface area contributed by atoms with Gasteiger partial charge in [0.15, 0.2) is 11.5 Å². The second kappa shape index (κ2) is 7.69. The lowest BCUT2D eigenvalue weighted by atomic mass is 10.1. The molecular weight excluding hydrogens is 337 g/mol. The van der Waals surface area contributed by atoms with Crippen LogP contribution in [0.25, 0.3) is 0 Å². The summed E-state index contributed by atoms with van der Waals surface area (Å²) in [7, 11) is 2.96. The van der Waals surface area contributed by atoms with Crippen molar-refractivity contribution in [3.63, 3.8) is 0 Å². The first-order chi connectivity index (χ1) is 11.9. The topological polar surface area (TPSA) is 59.9 Å². The molecule has 0 aliphatic carbocycles. The lowest BCUT2D eigenvalue weighted by molar-refractivity contribution is -0.137. The van der Waals surface area contributed by atoms with Gasteiger partial charge in [-0.3, -0.25) is 4.79 Å². The van der Waals surface area contributed by atoms with Crippen molar-refractivity contribution in [3.8, 4) is 11.5 Å². The fourth-order valence-electron chi connectivity index (χ4n) is 2.05. The number of nitrogens with zero attached hydrogens (tertiary/aromatic N) is 1. The van der Waals surface area contributed by atoms with E-state index in [9.17, 15) is 18.0 Å². The fraction of sp³-hybridized carbons (Fsp3) is 0.176. The Balaban J connectivity index is 2.08. The van der Waals surface area contributed by atoms with Gasteiger partial charge in [0.05, 0.1) is 26.0 Å². The third-order valence-corrected chi connectivity index (χ3v) is 3.28. The average molecular weight is 352 g/mol. The van der Waals surface area contributed by atoms with Gasteiger partial charge in [-0.15, -0.1) is 0 Å². The Bertz CT molecular complexity index is 772. The number of amides is 1. The van der Waals surface area contributed by atoms with E-state index >= 15 is 0 Å². The largest absolute Gasteiger partial charge is 0.493 e. The number of rotatable bonds is 5. The van der Waals surface area contributed by atoms with Crippen LogP contribution in [0.2, 0.25) is 0 Å². The number of halogens is 3. The molecule has 1 amide bonds. The van der Waals surface area contributed by atoms with Crippen LogP contribution in [-0.2, 0) is 6.18 Å². The zero-order valence-corrected chi connectivity index (χ0v) is 13.4. The maximum Gasteiger partial charge on any atom is 0.416 e. The standard InChI is InChI=1S/C17H15F3N2O3/c1-24-14-5-3-4-12(15(14)25-2)10-21-22-16(23)11-6-8-13(9-7-11)17(18,19)20/h3-10H,1-2H3,(H,22,23)/b21-10+. The van der Waals surface area contributed by atoms with Crippen LogP contribution in [0, 0.1) is 0 Å². The molecule has 25 heavy (non-hydrogen) atoms. The van der Waals surface area contributed by atoms with Gasteiger partial charge in [-0.25, -0.2) is 5.43 Å². The van der Waals surface area contributed by atoms with Crippen LogP contribution in [0.5, 0.6) is 11.5 Å². The van der Waals surface area contributed by atoms with E-state index in [0.717, 1.165) is 24.3 Å². The van der Waals surface area contributed by atoms with E-state index in [-0.39, 0.29) is 5.56 Å². The molecule has 2 aromatic carbocycles. The first-order valence-electron chi connectivity index (χ1n) is 7.08. The van der Waals surface area contributed by atoms with E-state index < -0.39 is 17.6 Å². The zero-order valence-electron chi connectivity index (χ0n) is 13.4. The van der Waals surface area contributed by atoms with Gasteiger partial charge < -0.3 is 9.47 Å². The van der Waals surface area contributed by atoms with E-state index in [4.69, 9.17) is 9.47 Å². The number of carbonyl (C=O) groups is 1. The van der Waals surface area contributed by atoms with Crippen molar-refractivity contribution in [1.29, 1.82) is 0 Å². The fourth-order valence-corrected chi connectivity index (χ4v) is 2.05. The number of alkyl halides is 3. The lowest BCUT2D eigenvalue weighted by Crippen LogP contribution is -2.18. The first-order valence-corrected chi connectivity index (χ1v) is 7.08. The van der Waals surface area contributed by atoms with Gasteiger partial charge in [0.25, 0.3) is 5.91 Å². The smallest absolute Gasteiger partial charge is 0.416 e. The van der Waals surface area contributed by atoms with Crippen LogP contribution in [0.15, 0.2) is 47.6 Å². The highest BCUT2D eigenvalue weighted by molar-refractivity contribution is 5.95. The number of ether oxygens (including phenoxy) is 2.